The van der Waals surface area contributed by atoms with E-state index in [4.69, 9.17) is 14.2 Å². The number of hydrogen-bond acceptors (Lipinski definition) is 6. The van der Waals surface area contributed by atoms with E-state index >= 15 is 0 Å². The molecule has 0 bridgehead atoms. The topological polar surface area (TPSA) is 94.2 Å². The second-order valence-corrected chi connectivity index (χ2v) is 8.37. The number of carbonyl (C=O) groups excluding carboxylic acids is 1. The van der Waals surface area contributed by atoms with Gasteiger partial charge in [-0.2, -0.15) is 4.31 Å². The van der Waals surface area contributed by atoms with Crippen LogP contribution in [0.25, 0.3) is 0 Å². The average molecular weight is 437 g/mol. The molecule has 0 unspecified atom stereocenters. The minimum absolute atomic E-state index is 0.0258. The van der Waals surface area contributed by atoms with Gasteiger partial charge in [0.15, 0.2) is 11.5 Å². The molecule has 0 aliphatic carbocycles. The third kappa shape index (κ3) is 6.45. The minimum Gasteiger partial charge on any atom is -0.493 e. The molecule has 30 heavy (non-hydrogen) atoms. The van der Waals surface area contributed by atoms with Crippen molar-refractivity contribution in [3.05, 3.63) is 54.1 Å². The molecule has 0 fully saturated rings. The van der Waals surface area contributed by atoms with Gasteiger partial charge in [-0.3, -0.25) is 4.79 Å². The van der Waals surface area contributed by atoms with Crippen molar-refractivity contribution in [2.24, 2.45) is 0 Å². The summed E-state index contributed by atoms with van der Waals surface area (Å²) in [6.07, 6.45) is 0.471. The SMILES string of the molecule is COCCNC(=O)CN(CCc1ccccc1)S(=O)(=O)c1ccc(OC)c(OC)c1. The van der Waals surface area contributed by atoms with E-state index in [2.05, 4.69) is 5.32 Å². The lowest BCUT2D eigenvalue weighted by molar-refractivity contribution is -0.121. The fraction of sp³-hybridized carbons (Fsp3) is 0.381. The van der Waals surface area contributed by atoms with E-state index in [-0.39, 0.29) is 18.0 Å². The van der Waals surface area contributed by atoms with Gasteiger partial charge < -0.3 is 19.5 Å². The van der Waals surface area contributed by atoms with E-state index < -0.39 is 15.9 Å². The number of nitrogens with one attached hydrogen (secondary N) is 1. The molecule has 0 saturated heterocycles. The van der Waals surface area contributed by atoms with Gasteiger partial charge in [0.1, 0.15) is 0 Å². The Kier molecular flexibility index (Phi) is 9.10. The average Bonchev–Trinajstić information content (AvgIpc) is 2.76. The Balaban J connectivity index is 2.27. The molecule has 0 spiro atoms. The van der Waals surface area contributed by atoms with Gasteiger partial charge in [-0.25, -0.2) is 8.42 Å². The summed E-state index contributed by atoms with van der Waals surface area (Å²) in [5.74, 6) is 0.319. The lowest BCUT2D eigenvalue weighted by Gasteiger charge is -2.22. The van der Waals surface area contributed by atoms with Gasteiger partial charge in [0.25, 0.3) is 0 Å². The smallest absolute Gasteiger partial charge is 0.243 e. The summed E-state index contributed by atoms with van der Waals surface area (Å²) in [4.78, 5) is 12.3. The number of hydrogen-bond donors (Lipinski definition) is 1. The molecule has 2 aromatic carbocycles. The van der Waals surface area contributed by atoms with Crippen molar-refractivity contribution in [1.82, 2.24) is 9.62 Å². The molecule has 2 aromatic rings. The normalized spacial score (nSPS) is 11.3. The number of rotatable bonds is 12. The summed E-state index contributed by atoms with van der Waals surface area (Å²) in [6.45, 7) is 0.502. The van der Waals surface area contributed by atoms with Crippen LogP contribution >= 0.6 is 0 Å². The van der Waals surface area contributed by atoms with Gasteiger partial charge in [-0.15, -0.1) is 0 Å². The number of nitrogens with zero attached hydrogens (tertiary/aromatic N) is 1. The fourth-order valence-electron chi connectivity index (χ4n) is 2.82. The molecule has 2 rings (SSSR count). The van der Waals surface area contributed by atoms with E-state index in [1.165, 1.54) is 43.8 Å². The molecule has 164 valence electrons. The molecule has 8 nitrogen and oxygen atoms in total. The Hall–Kier alpha value is -2.62. The van der Waals surface area contributed by atoms with E-state index in [9.17, 15) is 13.2 Å². The maximum Gasteiger partial charge on any atom is 0.243 e. The summed E-state index contributed by atoms with van der Waals surface area (Å²) in [6, 6.07) is 13.9. The van der Waals surface area contributed by atoms with Gasteiger partial charge >= 0.3 is 0 Å². The van der Waals surface area contributed by atoms with Crippen molar-refractivity contribution >= 4 is 15.9 Å². The first-order valence-electron chi connectivity index (χ1n) is 9.44. The zero-order chi connectivity index (χ0) is 22.0. The third-order valence-electron chi connectivity index (χ3n) is 4.43. The maximum absolute atomic E-state index is 13.3. The quantitative estimate of drug-likeness (QED) is 0.509. The predicted molar refractivity (Wildman–Crippen MR) is 113 cm³/mol. The van der Waals surface area contributed by atoms with E-state index in [0.29, 0.717) is 31.1 Å². The summed E-state index contributed by atoms with van der Waals surface area (Å²) in [5, 5.41) is 2.66. The molecule has 0 aromatic heterocycles. The first-order chi connectivity index (χ1) is 14.4. The zero-order valence-electron chi connectivity index (χ0n) is 17.5. The highest BCUT2D eigenvalue weighted by molar-refractivity contribution is 7.89. The number of methoxy groups -OCH3 is 3. The Morgan fingerprint density at radius 1 is 1.00 bits per heavy atom. The van der Waals surface area contributed by atoms with Crippen molar-refractivity contribution in [2.45, 2.75) is 11.3 Å². The van der Waals surface area contributed by atoms with Crippen LogP contribution in [0.2, 0.25) is 0 Å². The summed E-state index contributed by atoms with van der Waals surface area (Å²) in [5.41, 5.74) is 0.977. The van der Waals surface area contributed by atoms with Crippen LogP contribution in [0, 0.1) is 0 Å². The number of benzene rings is 2. The van der Waals surface area contributed by atoms with Crippen molar-refractivity contribution in [3.63, 3.8) is 0 Å². The summed E-state index contributed by atoms with van der Waals surface area (Å²) in [7, 11) is 0.489. The lowest BCUT2D eigenvalue weighted by Crippen LogP contribution is -2.42. The van der Waals surface area contributed by atoms with Crippen LogP contribution in [0.4, 0.5) is 0 Å². The molecule has 9 heteroatoms. The van der Waals surface area contributed by atoms with Crippen molar-refractivity contribution in [3.8, 4) is 11.5 Å². The number of carbonyl (C=O) groups is 1. The van der Waals surface area contributed by atoms with Gasteiger partial charge in [0.05, 0.1) is 32.3 Å². The molecule has 0 radical (unpaired) electrons. The lowest BCUT2D eigenvalue weighted by atomic mass is 10.1. The largest absolute Gasteiger partial charge is 0.493 e. The molecule has 0 heterocycles. The number of ether oxygens (including phenoxy) is 3. The zero-order valence-corrected chi connectivity index (χ0v) is 18.3. The predicted octanol–water partition coefficient (Wildman–Crippen LogP) is 1.70. The fourth-order valence-corrected chi connectivity index (χ4v) is 4.23. The summed E-state index contributed by atoms with van der Waals surface area (Å²) < 4.78 is 43.1. The summed E-state index contributed by atoms with van der Waals surface area (Å²) >= 11 is 0. The molecule has 0 saturated carbocycles. The van der Waals surface area contributed by atoms with Gasteiger partial charge in [-0.05, 0) is 24.1 Å². The highest BCUT2D eigenvalue weighted by Crippen LogP contribution is 2.30. The molecule has 1 N–H and O–H groups in total. The van der Waals surface area contributed by atoms with Crippen LogP contribution < -0.4 is 14.8 Å². The Morgan fingerprint density at radius 2 is 1.70 bits per heavy atom. The molecular formula is C21H28N2O6S. The van der Waals surface area contributed by atoms with Crippen LogP contribution in [0.15, 0.2) is 53.4 Å². The Bertz CT molecular complexity index is 918. The molecule has 0 aliphatic heterocycles. The Morgan fingerprint density at radius 3 is 2.33 bits per heavy atom. The molecule has 0 atom stereocenters. The van der Waals surface area contributed by atoms with Crippen LogP contribution in [-0.4, -0.2) is 66.2 Å². The highest BCUT2D eigenvalue weighted by Gasteiger charge is 2.27. The van der Waals surface area contributed by atoms with Crippen molar-refractivity contribution in [1.29, 1.82) is 0 Å². The van der Waals surface area contributed by atoms with Gasteiger partial charge in [-0.1, -0.05) is 30.3 Å². The number of amides is 1. The first-order valence-corrected chi connectivity index (χ1v) is 10.9. The highest BCUT2D eigenvalue weighted by atomic mass is 32.2. The van der Waals surface area contributed by atoms with Crippen LogP contribution in [0.5, 0.6) is 11.5 Å². The number of sulfonamides is 1. The minimum atomic E-state index is -3.95. The van der Waals surface area contributed by atoms with E-state index in [1.807, 2.05) is 30.3 Å². The molecule has 0 aliphatic rings. The monoisotopic (exact) mass is 436 g/mol. The maximum atomic E-state index is 13.3. The van der Waals surface area contributed by atoms with Gasteiger partial charge in [0, 0.05) is 26.3 Å². The van der Waals surface area contributed by atoms with E-state index in [1.54, 1.807) is 0 Å². The molecular weight excluding hydrogens is 408 g/mol. The standard InChI is InChI=1S/C21H28N2O6S/c1-27-14-12-22-21(24)16-23(13-11-17-7-5-4-6-8-17)30(25,26)18-9-10-19(28-2)20(15-18)29-3/h4-10,15H,11-14,16H2,1-3H3,(H,22,24). The second kappa shape index (κ2) is 11.5. The Labute approximate surface area is 177 Å². The van der Waals surface area contributed by atoms with Crippen LogP contribution in [0.3, 0.4) is 0 Å². The third-order valence-corrected chi connectivity index (χ3v) is 6.27. The van der Waals surface area contributed by atoms with Crippen LogP contribution in [-0.2, 0) is 26.0 Å². The van der Waals surface area contributed by atoms with Gasteiger partial charge in [0.2, 0.25) is 15.9 Å². The molecule has 1 amide bonds. The van der Waals surface area contributed by atoms with Crippen molar-refractivity contribution < 1.29 is 27.4 Å². The second-order valence-electron chi connectivity index (χ2n) is 6.43. The first kappa shape index (κ1) is 23.7. The van der Waals surface area contributed by atoms with E-state index in [0.717, 1.165) is 5.56 Å². The van der Waals surface area contributed by atoms with Crippen LogP contribution in [0.1, 0.15) is 5.56 Å². The van der Waals surface area contributed by atoms with Crippen molar-refractivity contribution in [2.75, 3.05) is 47.6 Å².